The highest BCUT2D eigenvalue weighted by Crippen LogP contribution is 2.40. The molecular formula is C16H34N3O19P3. The molecule has 13 N–H and O–H groups in total. The molecule has 22 nitrogen and oxygen atoms in total. The molecular weight excluding hydrogens is 631 g/mol. The van der Waals surface area contributed by atoms with Crippen LogP contribution in [0.4, 0.5) is 0 Å². The van der Waals surface area contributed by atoms with Crippen LogP contribution >= 0.6 is 22.8 Å². The Morgan fingerprint density at radius 3 is 1.22 bits per heavy atom. The molecule has 25 heteroatoms. The summed E-state index contributed by atoms with van der Waals surface area (Å²) in [6.45, 7) is -1.68. The standard InChI is InChI=1S/C10H18N2O6.C4H11NO8P2.C2H5O5P/c11-4-2-1-3-7(10(17)18)12(5-8(13)14)6-9(15)16;6-4(7)1-5(2-14(8,9)10)3-15(11,12)13;3-2(4)1-8(5,6)7/h7H,1-6,11H2,(H,13,14)(H,15,16)(H,17,18);1-3H2,(H,6,7)(H2,8,9,10)(H2,11,12,13);1H2,(H,3,4)(H2,5,6,7)/t7-;;/m0../s1. The van der Waals surface area contributed by atoms with Crippen LogP contribution in [0.3, 0.4) is 0 Å². The minimum atomic E-state index is -4.54. The monoisotopic (exact) mass is 665 g/mol. The van der Waals surface area contributed by atoms with E-state index < -0.39 is 97.0 Å². The molecule has 0 aliphatic heterocycles. The van der Waals surface area contributed by atoms with Gasteiger partial charge in [-0.1, -0.05) is 6.42 Å². The summed E-state index contributed by atoms with van der Waals surface area (Å²) in [5, 5.41) is 42.4. The van der Waals surface area contributed by atoms with Gasteiger partial charge in [-0.15, -0.1) is 0 Å². The van der Waals surface area contributed by atoms with Gasteiger partial charge in [-0.25, -0.2) is 0 Å². The topological polar surface area (TPSA) is 392 Å². The first-order chi connectivity index (χ1) is 18.3. The Morgan fingerprint density at radius 1 is 0.610 bits per heavy atom. The molecule has 41 heavy (non-hydrogen) atoms. The molecule has 0 unspecified atom stereocenters. The predicted molar refractivity (Wildman–Crippen MR) is 134 cm³/mol. The van der Waals surface area contributed by atoms with Gasteiger partial charge in [-0.3, -0.25) is 47.5 Å². The molecule has 0 amide bonds. The van der Waals surface area contributed by atoms with Crippen LogP contribution in [0.25, 0.3) is 0 Å². The van der Waals surface area contributed by atoms with Crippen molar-refractivity contribution in [1.29, 1.82) is 0 Å². The Morgan fingerprint density at radius 2 is 1.00 bits per heavy atom. The third-order valence-electron chi connectivity index (χ3n) is 3.80. The van der Waals surface area contributed by atoms with E-state index in [1.54, 1.807) is 0 Å². The summed E-state index contributed by atoms with van der Waals surface area (Å²) < 4.78 is 30.8. The highest BCUT2D eigenvalue weighted by Gasteiger charge is 2.29. The lowest BCUT2D eigenvalue weighted by Crippen LogP contribution is -2.46. The van der Waals surface area contributed by atoms with Crippen molar-refractivity contribution in [3.05, 3.63) is 0 Å². The maximum absolute atomic E-state index is 11.0. The van der Waals surface area contributed by atoms with Crippen LogP contribution in [0.15, 0.2) is 0 Å². The van der Waals surface area contributed by atoms with Crippen LogP contribution < -0.4 is 5.73 Å². The molecule has 0 fully saturated rings. The fourth-order valence-electron chi connectivity index (χ4n) is 2.60. The second-order valence-corrected chi connectivity index (χ2v) is 12.8. The third-order valence-corrected chi connectivity index (χ3v) is 6.02. The van der Waals surface area contributed by atoms with Crippen LogP contribution in [0.1, 0.15) is 19.3 Å². The third kappa shape index (κ3) is 33.8. The molecule has 0 aromatic carbocycles. The average Bonchev–Trinajstić information content (AvgIpc) is 2.65. The zero-order valence-corrected chi connectivity index (χ0v) is 23.8. The average molecular weight is 665 g/mol. The molecule has 0 aliphatic rings. The van der Waals surface area contributed by atoms with Crippen molar-refractivity contribution in [1.82, 2.24) is 9.80 Å². The van der Waals surface area contributed by atoms with Crippen LogP contribution in [0.5, 0.6) is 0 Å². The predicted octanol–water partition coefficient (Wildman–Crippen LogP) is -3.07. The van der Waals surface area contributed by atoms with Gasteiger partial charge < -0.3 is 60.6 Å². The molecule has 0 heterocycles. The van der Waals surface area contributed by atoms with Crippen molar-refractivity contribution < 1.29 is 92.6 Å². The molecule has 0 aromatic rings. The molecule has 0 radical (unpaired) electrons. The number of carboxylic acids is 5. The Bertz CT molecular complexity index is 965. The van der Waals surface area contributed by atoms with E-state index in [1.165, 1.54) is 0 Å². The Labute approximate surface area is 231 Å². The van der Waals surface area contributed by atoms with Crippen LogP contribution in [0.2, 0.25) is 0 Å². The maximum atomic E-state index is 11.0. The van der Waals surface area contributed by atoms with Crippen LogP contribution in [0, 0.1) is 0 Å². The Kier molecular flexibility index (Phi) is 21.6. The summed E-state index contributed by atoms with van der Waals surface area (Å²) in [7, 11) is -13.4. The van der Waals surface area contributed by atoms with Gasteiger partial charge in [0.1, 0.15) is 24.8 Å². The van der Waals surface area contributed by atoms with Gasteiger partial charge in [0, 0.05) is 0 Å². The number of carboxylic acid groups (broad SMARTS) is 5. The summed E-state index contributed by atoms with van der Waals surface area (Å²) in [6.07, 6.45) is -1.82. The highest BCUT2D eigenvalue weighted by atomic mass is 31.2. The van der Waals surface area contributed by atoms with E-state index in [2.05, 4.69) is 0 Å². The summed E-state index contributed by atoms with van der Waals surface area (Å²) in [4.78, 5) is 103. The number of rotatable bonds is 18. The lowest BCUT2D eigenvalue weighted by Gasteiger charge is -2.25. The molecule has 0 aliphatic carbocycles. The second kappa shape index (κ2) is 20.5. The fourth-order valence-corrected chi connectivity index (χ4v) is 4.55. The number of hydrogen-bond donors (Lipinski definition) is 12. The minimum Gasteiger partial charge on any atom is -0.481 e. The van der Waals surface area contributed by atoms with Crippen molar-refractivity contribution in [2.24, 2.45) is 5.73 Å². The van der Waals surface area contributed by atoms with E-state index in [0.717, 1.165) is 4.90 Å². The molecule has 0 bridgehead atoms. The normalized spacial score (nSPS) is 12.4. The molecule has 1 atom stereocenters. The lowest BCUT2D eigenvalue weighted by molar-refractivity contribution is -0.149. The number of hydrogen-bond acceptors (Lipinski definition) is 11. The summed E-state index contributed by atoms with van der Waals surface area (Å²) in [6, 6.07) is -1.12. The Hall–Kier alpha value is -2.32. The van der Waals surface area contributed by atoms with Crippen molar-refractivity contribution >= 4 is 52.6 Å². The zero-order valence-electron chi connectivity index (χ0n) is 21.1. The quantitative estimate of drug-likeness (QED) is 0.0510. The molecule has 242 valence electrons. The first kappa shape index (κ1) is 43.1. The number of carbonyl (C=O) groups is 5. The van der Waals surface area contributed by atoms with E-state index in [0.29, 0.717) is 24.3 Å². The SMILES string of the molecule is NCCCC[C@@H](C(=O)O)N(CC(=O)O)CC(=O)O.O=C(O)CN(CP(=O)(O)O)CP(=O)(O)O.O=C(O)CP(=O)(O)O. The molecule has 0 spiro atoms. The molecule has 0 aromatic heterocycles. The zero-order chi connectivity index (χ0) is 33.2. The maximum Gasteiger partial charge on any atom is 0.339 e. The number of unbranched alkanes of at least 4 members (excludes halogenated alkanes) is 1. The first-order valence-electron chi connectivity index (χ1n) is 10.7. The van der Waals surface area contributed by atoms with Crippen molar-refractivity contribution in [3.63, 3.8) is 0 Å². The summed E-state index contributed by atoms with van der Waals surface area (Å²) >= 11 is 0. The molecule has 0 saturated carbocycles. The van der Waals surface area contributed by atoms with Gasteiger partial charge in [0.2, 0.25) is 0 Å². The van der Waals surface area contributed by atoms with E-state index >= 15 is 0 Å². The van der Waals surface area contributed by atoms with Crippen molar-refractivity contribution in [2.75, 3.05) is 44.9 Å². The first-order valence-corrected chi connectivity index (χ1v) is 16.1. The largest absolute Gasteiger partial charge is 0.481 e. The summed E-state index contributed by atoms with van der Waals surface area (Å²) in [5.74, 6) is -6.67. The molecule has 0 saturated heterocycles. The smallest absolute Gasteiger partial charge is 0.339 e. The van der Waals surface area contributed by atoms with Crippen molar-refractivity contribution in [2.45, 2.75) is 25.3 Å². The van der Waals surface area contributed by atoms with Gasteiger partial charge in [-0.2, -0.15) is 0 Å². The van der Waals surface area contributed by atoms with Gasteiger partial charge in [0.25, 0.3) is 0 Å². The van der Waals surface area contributed by atoms with Crippen molar-refractivity contribution in [3.8, 4) is 0 Å². The van der Waals surface area contributed by atoms with Gasteiger partial charge >= 0.3 is 52.6 Å². The Balaban J connectivity index is -0.000000566. The number of aliphatic carboxylic acids is 5. The van der Waals surface area contributed by atoms with Gasteiger partial charge in [0.05, 0.1) is 19.6 Å². The second-order valence-electron chi connectivity index (χ2n) is 7.88. The van der Waals surface area contributed by atoms with Gasteiger partial charge in [0.15, 0.2) is 0 Å². The fraction of sp³-hybridized carbons (Fsp3) is 0.688. The minimum absolute atomic E-state index is 0.174. The van der Waals surface area contributed by atoms with Crippen LogP contribution in [-0.4, -0.2) is 145 Å². The van der Waals surface area contributed by atoms with Gasteiger partial charge in [-0.05, 0) is 19.4 Å². The number of nitrogens with two attached hydrogens (primary N) is 1. The van der Waals surface area contributed by atoms with E-state index in [-0.39, 0.29) is 6.42 Å². The van der Waals surface area contributed by atoms with Crippen LogP contribution in [-0.2, 0) is 37.7 Å². The van der Waals surface area contributed by atoms with E-state index in [1.807, 2.05) is 0 Å². The summed E-state index contributed by atoms with van der Waals surface area (Å²) in [5.41, 5.74) is 5.28. The lowest BCUT2D eigenvalue weighted by atomic mass is 10.1. The highest BCUT2D eigenvalue weighted by molar-refractivity contribution is 7.53. The van der Waals surface area contributed by atoms with E-state index in [4.69, 9.17) is 60.6 Å². The molecule has 0 rings (SSSR count). The van der Waals surface area contributed by atoms with E-state index in [9.17, 15) is 37.7 Å². The number of nitrogens with zero attached hydrogens (tertiary/aromatic N) is 2.